The summed E-state index contributed by atoms with van der Waals surface area (Å²) in [5, 5.41) is 3.08. The lowest BCUT2D eigenvalue weighted by Gasteiger charge is -2.22. The Balaban J connectivity index is 1.55. The molecule has 1 aliphatic carbocycles. The van der Waals surface area contributed by atoms with E-state index in [-0.39, 0.29) is 40.5 Å². The molecule has 0 unspecified atom stereocenters. The Bertz CT molecular complexity index is 1700. The maximum atomic E-state index is 13.7. The van der Waals surface area contributed by atoms with Crippen LogP contribution in [0, 0.1) is 12.8 Å². The number of sulfone groups is 1. The highest BCUT2D eigenvalue weighted by atomic mass is 32.2. The number of fused-ring (bicyclic) bond motifs is 1. The summed E-state index contributed by atoms with van der Waals surface area (Å²) >= 11 is 0. The van der Waals surface area contributed by atoms with Gasteiger partial charge in [-0.05, 0) is 44.7 Å². The van der Waals surface area contributed by atoms with Crippen LogP contribution in [0.5, 0.6) is 0 Å². The van der Waals surface area contributed by atoms with Crippen LogP contribution in [0.25, 0.3) is 22.6 Å². The van der Waals surface area contributed by atoms with E-state index in [1.807, 2.05) is 13.8 Å². The molecule has 1 atom stereocenters. The highest BCUT2D eigenvalue weighted by Crippen LogP contribution is 2.43. The first-order chi connectivity index (χ1) is 18.6. The van der Waals surface area contributed by atoms with Gasteiger partial charge in [0.2, 0.25) is 0 Å². The van der Waals surface area contributed by atoms with E-state index in [0.717, 1.165) is 29.8 Å². The van der Waals surface area contributed by atoms with Gasteiger partial charge in [-0.25, -0.2) is 33.3 Å². The van der Waals surface area contributed by atoms with E-state index >= 15 is 0 Å². The predicted molar refractivity (Wildman–Crippen MR) is 148 cm³/mol. The van der Waals surface area contributed by atoms with Crippen LogP contribution >= 0.6 is 0 Å². The number of nitrogens with one attached hydrogen (secondary N) is 1. The van der Waals surface area contributed by atoms with Crippen LogP contribution in [-0.4, -0.2) is 48.6 Å². The molecule has 1 aliphatic rings. The fraction of sp³-hybridized carbons (Fsp3) is 0.444. The minimum absolute atomic E-state index is 0.00338. The Morgan fingerprint density at radius 1 is 1.05 bits per heavy atom. The number of aryl methyl sites for hydroxylation is 1. The average Bonchev–Trinajstić information content (AvgIpc) is 3.77. The van der Waals surface area contributed by atoms with E-state index < -0.39 is 9.84 Å². The monoisotopic (exact) mass is 548 g/mol. The van der Waals surface area contributed by atoms with Crippen molar-refractivity contribution < 1.29 is 8.42 Å². The zero-order valence-corrected chi connectivity index (χ0v) is 23.5. The summed E-state index contributed by atoms with van der Waals surface area (Å²) in [5.41, 5.74) is 3.77. The number of hydrogen-bond acceptors (Lipinski definition) is 10. The van der Waals surface area contributed by atoms with E-state index in [1.165, 1.54) is 12.3 Å². The highest BCUT2D eigenvalue weighted by Gasteiger charge is 2.30. The lowest BCUT2D eigenvalue weighted by molar-refractivity contribution is 0.406. The number of rotatable bonds is 9. The van der Waals surface area contributed by atoms with Gasteiger partial charge in [-0.3, -0.25) is 14.3 Å². The predicted octanol–water partition coefficient (Wildman–Crippen LogP) is 3.85. The first-order valence-corrected chi connectivity index (χ1v) is 14.8. The second-order valence-corrected chi connectivity index (χ2v) is 12.5. The molecule has 4 aromatic heterocycles. The molecule has 204 valence electrons. The maximum Gasteiger partial charge on any atom is 0.295 e. The molecule has 39 heavy (non-hydrogen) atoms. The van der Waals surface area contributed by atoms with Crippen LogP contribution < -0.4 is 10.9 Å². The third-order valence-electron chi connectivity index (χ3n) is 7.23. The lowest BCUT2D eigenvalue weighted by Crippen LogP contribution is -2.30. The van der Waals surface area contributed by atoms with Crippen molar-refractivity contribution >= 4 is 26.8 Å². The Morgan fingerprint density at radius 3 is 2.46 bits per heavy atom. The molecule has 0 saturated heterocycles. The molecule has 4 aromatic rings. The number of nitrogens with zero attached hydrogens (tertiary/aromatic N) is 7. The van der Waals surface area contributed by atoms with Gasteiger partial charge >= 0.3 is 0 Å². The molecule has 4 heterocycles. The van der Waals surface area contributed by atoms with Gasteiger partial charge in [0.1, 0.15) is 11.8 Å². The van der Waals surface area contributed by atoms with Gasteiger partial charge in [0.15, 0.2) is 27.1 Å². The Labute approximate surface area is 227 Å². The molecule has 11 nitrogen and oxygen atoms in total. The van der Waals surface area contributed by atoms with Crippen molar-refractivity contribution in [2.45, 2.75) is 70.9 Å². The SMILES string of the molecule is CCS(=O)(=O)c1ccc(CNc2nc3cnc(-c4c(C)ncnc4C4CC4)nc3n([C@H](C)C(C)C)c2=O)nc1. The minimum atomic E-state index is -3.34. The first-order valence-electron chi connectivity index (χ1n) is 13.1. The standard InChI is InChI=1S/C27H32N8O3S/c1-6-39(37,38)20-10-9-19(28-12-20)11-29-25-27(36)35(17(5)15(2)3)26-21(33-25)13-30-24(34-26)22-16(4)31-14-32-23(22)18-7-8-18/h9-10,12-15,17-18H,6-8,11H2,1-5H3,(H,29,33)/t17-/m1/s1. The van der Waals surface area contributed by atoms with Crippen molar-refractivity contribution in [2.75, 3.05) is 11.1 Å². The van der Waals surface area contributed by atoms with Crippen molar-refractivity contribution in [1.29, 1.82) is 0 Å². The van der Waals surface area contributed by atoms with E-state index in [4.69, 9.17) is 4.98 Å². The number of anilines is 1. The number of pyridine rings is 1. The van der Waals surface area contributed by atoms with Crippen molar-refractivity contribution in [1.82, 2.24) is 34.5 Å². The molecule has 0 amide bonds. The molecular weight excluding hydrogens is 516 g/mol. The molecule has 0 spiro atoms. The van der Waals surface area contributed by atoms with Crippen molar-refractivity contribution in [2.24, 2.45) is 5.92 Å². The molecule has 12 heteroatoms. The molecule has 1 saturated carbocycles. The first kappa shape index (κ1) is 26.8. The van der Waals surface area contributed by atoms with Crippen LogP contribution in [0.2, 0.25) is 0 Å². The fourth-order valence-corrected chi connectivity index (χ4v) is 5.21. The quantitative estimate of drug-likeness (QED) is 0.327. The summed E-state index contributed by atoms with van der Waals surface area (Å²) in [4.78, 5) is 41.1. The zero-order chi connectivity index (χ0) is 27.9. The Kier molecular flexibility index (Phi) is 7.15. The van der Waals surface area contributed by atoms with E-state index in [1.54, 1.807) is 30.1 Å². The summed E-state index contributed by atoms with van der Waals surface area (Å²) in [6, 6.07) is 2.98. The van der Waals surface area contributed by atoms with Gasteiger partial charge in [-0.1, -0.05) is 20.8 Å². The Hall–Kier alpha value is -3.80. The van der Waals surface area contributed by atoms with Crippen molar-refractivity contribution in [3.8, 4) is 11.4 Å². The van der Waals surface area contributed by atoms with Gasteiger partial charge in [-0.15, -0.1) is 0 Å². The smallest absolute Gasteiger partial charge is 0.295 e. The summed E-state index contributed by atoms with van der Waals surface area (Å²) in [7, 11) is -3.34. The van der Waals surface area contributed by atoms with Gasteiger partial charge in [0, 0.05) is 18.2 Å². The van der Waals surface area contributed by atoms with E-state index in [9.17, 15) is 13.2 Å². The fourth-order valence-electron chi connectivity index (χ4n) is 4.39. The van der Waals surface area contributed by atoms with Crippen LogP contribution in [0.3, 0.4) is 0 Å². The summed E-state index contributed by atoms with van der Waals surface area (Å²) < 4.78 is 25.8. The third kappa shape index (κ3) is 5.25. The second-order valence-electron chi connectivity index (χ2n) is 10.3. The van der Waals surface area contributed by atoms with E-state index in [0.29, 0.717) is 28.6 Å². The summed E-state index contributed by atoms with van der Waals surface area (Å²) in [6.45, 7) is 9.79. The zero-order valence-electron chi connectivity index (χ0n) is 22.7. The molecule has 5 rings (SSSR count). The van der Waals surface area contributed by atoms with Gasteiger partial charge in [-0.2, -0.15) is 0 Å². The van der Waals surface area contributed by atoms with Crippen LogP contribution in [0.4, 0.5) is 5.82 Å². The molecule has 0 radical (unpaired) electrons. The van der Waals surface area contributed by atoms with Crippen molar-refractivity contribution in [3.63, 3.8) is 0 Å². The molecule has 0 bridgehead atoms. The van der Waals surface area contributed by atoms with Gasteiger partial charge < -0.3 is 5.32 Å². The van der Waals surface area contributed by atoms with Crippen LogP contribution in [-0.2, 0) is 16.4 Å². The summed E-state index contributed by atoms with van der Waals surface area (Å²) in [6.07, 6.45) is 6.71. The highest BCUT2D eigenvalue weighted by molar-refractivity contribution is 7.91. The average molecular weight is 549 g/mol. The maximum absolute atomic E-state index is 13.7. The molecule has 1 fully saturated rings. The Morgan fingerprint density at radius 2 is 1.82 bits per heavy atom. The number of aromatic nitrogens is 7. The van der Waals surface area contributed by atoms with Gasteiger partial charge in [0.05, 0.1) is 46.0 Å². The lowest BCUT2D eigenvalue weighted by atomic mass is 10.1. The molecular formula is C27H32N8O3S. The molecule has 1 N–H and O–H groups in total. The second kappa shape index (κ2) is 10.4. The third-order valence-corrected chi connectivity index (χ3v) is 8.95. The largest absolute Gasteiger partial charge is 0.360 e. The van der Waals surface area contributed by atoms with Crippen molar-refractivity contribution in [3.05, 3.63) is 58.3 Å². The number of hydrogen-bond donors (Lipinski definition) is 1. The molecule has 0 aromatic carbocycles. The van der Waals surface area contributed by atoms with Gasteiger partial charge in [0.25, 0.3) is 5.56 Å². The minimum Gasteiger partial charge on any atom is -0.360 e. The van der Waals surface area contributed by atoms with E-state index in [2.05, 4.69) is 44.1 Å². The van der Waals surface area contributed by atoms with Crippen LogP contribution in [0.1, 0.15) is 69.6 Å². The normalized spacial score (nSPS) is 14.6. The topological polar surface area (TPSA) is 146 Å². The summed E-state index contributed by atoms with van der Waals surface area (Å²) in [5.74, 6) is 1.17. The molecule has 0 aliphatic heterocycles. The van der Waals surface area contributed by atoms with Crippen LogP contribution in [0.15, 0.2) is 40.5 Å².